The molecule has 0 fully saturated rings. The first-order chi connectivity index (χ1) is 6.25. The Bertz CT molecular complexity index is 256. The van der Waals surface area contributed by atoms with Crippen LogP contribution >= 0.6 is 0 Å². The fraction of sp³-hybridized carbons (Fsp3) is 0.333. The minimum Gasteiger partial charge on any atom is -0.237 e. The van der Waals surface area contributed by atoms with Crippen LogP contribution in [-0.4, -0.2) is 6.61 Å². The summed E-state index contributed by atoms with van der Waals surface area (Å²) in [6, 6.07) is 3.65. The average Bonchev–Trinajstić information content (AvgIpc) is 2.10. The Morgan fingerprint density at radius 2 is 1.77 bits per heavy atom. The normalized spacial score (nSPS) is 10.4. The summed E-state index contributed by atoms with van der Waals surface area (Å²) in [7, 11) is 0. The second kappa shape index (κ2) is 4.89. The molecule has 0 atom stereocenters. The lowest BCUT2D eigenvalue weighted by Crippen LogP contribution is -2.00. The fourth-order valence-corrected chi connectivity index (χ4v) is 0.854. The number of halogens is 2. The van der Waals surface area contributed by atoms with Crippen molar-refractivity contribution in [2.45, 2.75) is 13.5 Å². The van der Waals surface area contributed by atoms with Gasteiger partial charge in [-0.2, -0.15) is 0 Å². The molecule has 72 valence electrons. The highest BCUT2D eigenvalue weighted by molar-refractivity contribution is 5.18. The standard InChI is InChI=1S/C9H10F2O2/c1-2-12-13-6-7-8(10)4-3-5-9(7)11/h3-5H,2,6H2,1H3. The van der Waals surface area contributed by atoms with Gasteiger partial charge in [0.15, 0.2) is 0 Å². The van der Waals surface area contributed by atoms with E-state index in [4.69, 9.17) is 0 Å². The highest BCUT2D eigenvalue weighted by atomic mass is 19.1. The molecule has 0 unspecified atom stereocenters. The quantitative estimate of drug-likeness (QED) is 0.410. The van der Waals surface area contributed by atoms with Crippen molar-refractivity contribution in [2.24, 2.45) is 0 Å². The van der Waals surface area contributed by atoms with E-state index in [1.807, 2.05) is 0 Å². The molecule has 0 amide bonds. The molecule has 0 aromatic heterocycles. The van der Waals surface area contributed by atoms with Crippen LogP contribution < -0.4 is 0 Å². The highest BCUT2D eigenvalue weighted by Gasteiger charge is 2.07. The van der Waals surface area contributed by atoms with Gasteiger partial charge in [-0.05, 0) is 19.1 Å². The van der Waals surface area contributed by atoms with Crippen LogP contribution in [0.1, 0.15) is 12.5 Å². The van der Waals surface area contributed by atoms with Gasteiger partial charge >= 0.3 is 0 Å². The Morgan fingerprint density at radius 1 is 1.15 bits per heavy atom. The maximum absolute atomic E-state index is 12.9. The van der Waals surface area contributed by atoms with E-state index in [1.165, 1.54) is 18.2 Å². The Balaban J connectivity index is 2.64. The van der Waals surface area contributed by atoms with Gasteiger partial charge in [-0.25, -0.2) is 18.6 Å². The van der Waals surface area contributed by atoms with Gasteiger partial charge in [-0.15, -0.1) is 0 Å². The predicted molar refractivity (Wildman–Crippen MR) is 42.8 cm³/mol. The van der Waals surface area contributed by atoms with Crippen molar-refractivity contribution in [3.8, 4) is 0 Å². The lowest BCUT2D eigenvalue weighted by atomic mass is 10.2. The molecule has 4 heteroatoms. The smallest absolute Gasteiger partial charge is 0.131 e. The van der Waals surface area contributed by atoms with Crippen molar-refractivity contribution >= 4 is 0 Å². The van der Waals surface area contributed by atoms with Gasteiger partial charge in [-0.1, -0.05) is 6.07 Å². The predicted octanol–water partition coefficient (Wildman–Crippen LogP) is 2.43. The Morgan fingerprint density at radius 3 is 2.31 bits per heavy atom. The first kappa shape index (κ1) is 10.1. The third kappa shape index (κ3) is 2.75. The first-order valence-corrected chi connectivity index (χ1v) is 3.93. The van der Waals surface area contributed by atoms with E-state index in [2.05, 4.69) is 9.78 Å². The molecule has 2 nitrogen and oxygen atoms in total. The zero-order valence-electron chi connectivity index (χ0n) is 7.22. The van der Waals surface area contributed by atoms with Gasteiger partial charge in [-0.3, -0.25) is 0 Å². The fourth-order valence-electron chi connectivity index (χ4n) is 0.854. The molecule has 0 saturated heterocycles. The van der Waals surface area contributed by atoms with E-state index in [-0.39, 0.29) is 12.2 Å². The van der Waals surface area contributed by atoms with E-state index in [0.29, 0.717) is 6.61 Å². The first-order valence-electron chi connectivity index (χ1n) is 3.93. The molecule has 13 heavy (non-hydrogen) atoms. The number of hydrogen-bond acceptors (Lipinski definition) is 2. The molecule has 0 aliphatic heterocycles. The largest absolute Gasteiger partial charge is 0.237 e. The molecule has 0 saturated carbocycles. The molecule has 0 bridgehead atoms. The van der Waals surface area contributed by atoms with Crippen molar-refractivity contribution < 1.29 is 18.6 Å². The molecule has 0 N–H and O–H groups in total. The Kier molecular flexibility index (Phi) is 3.79. The van der Waals surface area contributed by atoms with Crippen LogP contribution in [0.3, 0.4) is 0 Å². The minimum absolute atomic E-state index is 0.115. The molecule has 1 aromatic carbocycles. The van der Waals surface area contributed by atoms with Gasteiger partial charge in [0.1, 0.15) is 18.2 Å². The lowest BCUT2D eigenvalue weighted by molar-refractivity contribution is -0.301. The van der Waals surface area contributed by atoms with Crippen LogP contribution in [0.25, 0.3) is 0 Å². The third-order valence-corrected chi connectivity index (χ3v) is 1.47. The van der Waals surface area contributed by atoms with Gasteiger partial charge in [0, 0.05) is 0 Å². The molecule has 0 spiro atoms. The molecule has 1 rings (SSSR count). The zero-order chi connectivity index (χ0) is 9.68. The molecule has 1 aromatic rings. The van der Waals surface area contributed by atoms with E-state index in [1.54, 1.807) is 6.92 Å². The van der Waals surface area contributed by atoms with Crippen molar-refractivity contribution in [1.82, 2.24) is 0 Å². The van der Waals surface area contributed by atoms with Crippen LogP contribution in [0.15, 0.2) is 18.2 Å². The molecular formula is C9H10F2O2. The second-order valence-corrected chi connectivity index (χ2v) is 2.37. The summed E-state index contributed by atoms with van der Waals surface area (Å²) in [5, 5.41) is 0. The van der Waals surface area contributed by atoms with Gasteiger partial charge < -0.3 is 0 Å². The SMILES string of the molecule is CCOOCc1c(F)cccc1F. The summed E-state index contributed by atoms with van der Waals surface area (Å²) in [4.78, 5) is 9.06. The summed E-state index contributed by atoms with van der Waals surface area (Å²) in [5.41, 5.74) is -0.115. The minimum atomic E-state index is -0.625. The van der Waals surface area contributed by atoms with Gasteiger partial charge in [0.2, 0.25) is 0 Å². The summed E-state index contributed by atoms with van der Waals surface area (Å²) in [5.74, 6) is -1.25. The van der Waals surface area contributed by atoms with E-state index < -0.39 is 11.6 Å². The molecular weight excluding hydrogens is 178 g/mol. The maximum Gasteiger partial charge on any atom is 0.131 e. The molecule has 0 aliphatic carbocycles. The van der Waals surface area contributed by atoms with Crippen LogP contribution in [0.2, 0.25) is 0 Å². The van der Waals surface area contributed by atoms with Crippen molar-refractivity contribution in [2.75, 3.05) is 6.61 Å². The molecule has 0 heterocycles. The molecule has 0 radical (unpaired) electrons. The topological polar surface area (TPSA) is 18.5 Å². The van der Waals surface area contributed by atoms with E-state index in [9.17, 15) is 8.78 Å². The third-order valence-electron chi connectivity index (χ3n) is 1.47. The van der Waals surface area contributed by atoms with E-state index in [0.717, 1.165) is 0 Å². The summed E-state index contributed by atoms with van der Waals surface area (Å²) >= 11 is 0. The zero-order valence-corrected chi connectivity index (χ0v) is 7.22. The maximum atomic E-state index is 12.9. The Labute approximate surface area is 75.0 Å². The number of hydrogen-bond donors (Lipinski definition) is 0. The lowest BCUT2D eigenvalue weighted by Gasteiger charge is -2.04. The van der Waals surface area contributed by atoms with E-state index >= 15 is 0 Å². The van der Waals surface area contributed by atoms with Crippen LogP contribution in [-0.2, 0) is 16.4 Å². The van der Waals surface area contributed by atoms with Crippen molar-refractivity contribution in [1.29, 1.82) is 0 Å². The summed E-state index contributed by atoms with van der Waals surface area (Å²) < 4.78 is 25.8. The average molecular weight is 188 g/mol. The monoisotopic (exact) mass is 188 g/mol. The van der Waals surface area contributed by atoms with Gasteiger partial charge in [0.05, 0.1) is 12.2 Å². The Hall–Kier alpha value is -1.00. The van der Waals surface area contributed by atoms with Crippen molar-refractivity contribution in [3.05, 3.63) is 35.4 Å². The van der Waals surface area contributed by atoms with Crippen LogP contribution in [0.5, 0.6) is 0 Å². The number of benzene rings is 1. The van der Waals surface area contributed by atoms with Crippen LogP contribution in [0, 0.1) is 11.6 Å². The van der Waals surface area contributed by atoms with Gasteiger partial charge in [0.25, 0.3) is 0 Å². The molecule has 0 aliphatic rings. The van der Waals surface area contributed by atoms with Crippen molar-refractivity contribution in [3.63, 3.8) is 0 Å². The summed E-state index contributed by atoms with van der Waals surface area (Å²) in [6.07, 6.45) is 0. The number of rotatable bonds is 4. The summed E-state index contributed by atoms with van der Waals surface area (Å²) in [6.45, 7) is 1.85. The van der Waals surface area contributed by atoms with Crippen LogP contribution in [0.4, 0.5) is 8.78 Å². The second-order valence-electron chi connectivity index (χ2n) is 2.37. The highest BCUT2D eigenvalue weighted by Crippen LogP contribution is 2.12.